The van der Waals surface area contributed by atoms with Crippen LogP contribution in [0.25, 0.3) is 17.2 Å². The van der Waals surface area contributed by atoms with E-state index in [4.69, 9.17) is 14.2 Å². The molecule has 0 aliphatic carbocycles. The van der Waals surface area contributed by atoms with Gasteiger partial charge in [0.15, 0.2) is 17.3 Å². The van der Waals surface area contributed by atoms with Crippen molar-refractivity contribution in [1.29, 1.82) is 0 Å². The first-order chi connectivity index (χ1) is 18.2. The van der Waals surface area contributed by atoms with Crippen LogP contribution in [0.15, 0.2) is 36.9 Å². The van der Waals surface area contributed by atoms with Crippen LogP contribution in [0.5, 0.6) is 11.8 Å². The predicted octanol–water partition coefficient (Wildman–Crippen LogP) is 2.06. The molecule has 0 fully saturated rings. The average molecular weight is 542 g/mol. The average Bonchev–Trinajstić information content (AvgIpc) is 3.31. The van der Waals surface area contributed by atoms with E-state index in [1.54, 1.807) is 24.5 Å². The molecule has 0 amide bonds. The Kier molecular flexibility index (Phi) is 7.78. The summed E-state index contributed by atoms with van der Waals surface area (Å²) in [4.78, 5) is 21.3. The van der Waals surface area contributed by atoms with E-state index >= 15 is 0 Å². The van der Waals surface area contributed by atoms with Gasteiger partial charge < -0.3 is 14.2 Å². The van der Waals surface area contributed by atoms with Crippen LogP contribution in [0.3, 0.4) is 0 Å². The normalized spacial score (nSPS) is 13.1. The van der Waals surface area contributed by atoms with Crippen LogP contribution in [0.1, 0.15) is 30.1 Å². The Labute approximate surface area is 219 Å². The first kappa shape index (κ1) is 26.8. The molecular formula is C23H27N9O5S. The molecule has 1 N–H and O–H groups in total. The lowest BCUT2D eigenvalue weighted by Gasteiger charge is -2.22. The lowest BCUT2D eigenvalue weighted by molar-refractivity contribution is 0.0949. The topological polar surface area (TPSA) is 169 Å². The largest absolute Gasteiger partial charge is 0.479 e. The maximum atomic E-state index is 13.6. The molecule has 4 aromatic rings. The molecule has 4 aromatic heterocycles. The van der Waals surface area contributed by atoms with E-state index in [2.05, 4.69) is 39.8 Å². The zero-order valence-corrected chi connectivity index (χ0v) is 22.5. The van der Waals surface area contributed by atoms with Crippen molar-refractivity contribution in [1.82, 2.24) is 39.7 Å². The van der Waals surface area contributed by atoms with Crippen molar-refractivity contribution in [3.8, 4) is 29.0 Å². The molecule has 0 spiro atoms. The van der Waals surface area contributed by atoms with Gasteiger partial charge in [0.25, 0.3) is 0 Å². The summed E-state index contributed by atoms with van der Waals surface area (Å²) in [7, 11) is 0.0662. The summed E-state index contributed by atoms with van der Waals surface area (Å²) in [6, 6.07) is 5.33. The quantitative estimate of drug-likeness (QED) is 0.310. The van der Waals surface area contributed by atoms with E-state index < -0.39 is 21.4 Å². The summed E-state index contributed by atoms with van der Waals surface area (Å²) in [5.41, 5.74) is 2.15. The summed E-state index contributed by atoms with van der Waals surface area (Å²) in [6.07, 6.45) is 3.47. The lowest BCUT2D eigenvalue weighted by atomic mass is 10.2. The Balaban J connectivity index is 1.84. The van der Waals surface area contributed by atoms with Gasteiger partial charge in [-0.15, -0.1) is 10.2 Å². The second-order valence-corrected chi connectivity index (χ2v) is 10.3. The monoisotopic (exact) mass is 541 g/mol. The Hall–Kier alpha value is -4.24. The van der Waals surface area contributed by atoms with Gasteiger partial charge in [-0.3, -0.25) is 4.72 Å². The van der Waals surface area contributed by atoms with Crippen molar-refractivity contribution in [2.24, 2.45) is 0 Å². The SMILES string of the molecule is COc1ncnc(OC)c1-n1c(NS(=O)(=O)[C@@H](C)[C@H](OC)c2ncc(C)cn2)nnc1-c1cccc(C)n1. The highest BCUT2D eigenvalue weighted by Crippen LogP contribution is 2.35. The molecular weight excluding hydrogens is 514 g/mol. The van der Waals surface area contributed by atoms with E-state index in [0.29, 0.717) is 5.69 Å². The van der Waals surface area contributed by atoms with Crippen molar-refractivity contribution in [3.63, 3.8) is 0 Å². The van der Waals surface area contributed by atoms with Crippen LogP contribution in [0.4, 0.5) is 5.95 Å². The lowest BCUT2D eigenvalue weighted by Crippen LogP contribution is -2.33. The number of rotatable bonds is 10. The molecule has 0 aromatic carbocycles. The van der Waals surface area contributed by atoms with Crippen molar-refractivity contribution in [2.45, 2.75) is 32.1 Å². The van der Waals surface area contributed by atoms with E-state index in [-0.39, 0.29) is 35.0 Å². The van der Waals surface area contributed by atoms with Crippen molar-refractivity contribution in [3.05, 3.63) is 54.0 Å². The molecule has 0 bridgehead atoms. The minimum atomic E-state index is -4.15. The van der Waals surface area contributed by atoms with Gasteiger partial charge in [-0.25, -0.2) is 27.9 Å². The Morgan fingerprint density at radius 2 is 1.61 bits per heavy atom. The molecule has 4 heterocycles. The minimum absolute atomic E-state index is 0.0990. The number of sulfonamides is 1. The van der Waals surface area contributed by atoms with Gasteiger partial charge in [-0.05, 0) is 38.5 Å². The Bertz CT molecular complexity index is 1500. The Morgan fingerprint density at radius 3 is 2.18 bits per heavy atom. The summed E-state index contributed by atoms with van der Waals surface area (Å²) in [5, 5.41) is 7.23. The van der Waals surface area contributed by atoms with Gasteiger partial charge in [0.1, 0.15) is 23.4 Å². The number of nitrogens with zero attached hydrogens (tertiary/aromatic N) is 8. The number of hydrogen-bond donors (Lipinski definition) is 1. The molecule has 14 nitrogen and oxygen atoms in total. The minimum Gasteiger partial charge on any atom is -0.479 e. The molecule has 0 saturated heterocycles. The van der Waals surface area contributed by atoms with E-state index in [1.165, 1.54) is 39.1 Å². The van der Waals surface area contributed by atoms with Crippen molar-refractivity contribution < 1.29 is 22.6 Å². The van der Waals surface area contributed by atoms with Gasteiger partial charge in [0, 0.05) is 25.2 Å². The van der Waals surface area contributed by atoms with Gasteiger partial charge in [0.05, 0.1) is 14.2 Å². The maximum Gasteiger partial charge on any atom is 0.245 e. The highest BCUT2D eigenvalue weighted by atomic mass is 32.2. The van der Waals surface area contributed by atoms with E-state index in [1.807, 2.05) is 19.9 Å². The van der Waals surface area contributed by atoms with Gasteiger partial charge in [-0.1, -0.05) is 6.07 Å². The highest BCUT2D eigenvalue weighted by molar-refractivity contribution is 7.93. The highest BCUT2D eigenvalue weighted by Gasteiger charge is 2.35. The van der Waals surface area contributed by atoms with Crippen molar-refractivity contribution in [2.75, 3.05) is 26.1 Å². The summed E-state index contributed by atoms with van der Waals surface area (Å²) < 4.78 is 47.5. The number of anilines is 1. The zero-order valence-electron chi connectivity index (χ0n) is 21.6. The molecule has 0 saturated carbocycles. The van der Waals surface area contributed by atoms with Gasteiger partial charge >= 0.3 is 0 Å². The van der Waals surface area contributed by atoms with Crippen LogP contribution >= 0.6 is 0 Å². The van der Waals surface area contributed by atoms with Crippen LogP contribution in [0.2, 0.25) is 0 Å². The molecule has 0 unspecified atom stereocenters. The van der Waals surface area contributed by atoms with Crippen molar-refractivity contribution >= 4 is 16.0 Å². The third-order valence-corrected chi connectivity index (χ3v) is 7.30. The fourth-order valence-electron chi connectivity index (χ4n) is 3.67. The molecule has 0 aliphatic rings. The van der Waals surface area contributed by atoms with Crippen LogP contribution in [0, 0.1) is 13.8 Å². The molecule has 38 heavy (non-hydrogen) atoms. The number of ether oxygens (including phenoxy) is 3. The number of aryl methyl sites for hydroxylation is 2. The van der Waals surface area contributed by atoms with Gasteiger partial charge in [-0.2, -0.15) is 9.97 Å². The molecule has 200 valence electrons. The number of hydrogen-bond acceptors (Lipinski definition) is 12. The first-order valence-electron chi connectivity index (χ1n) is 11.4. The fraction of sp³-hybridized carbons (Fsp3) is 0.348. The molecule has 0 aliphatic heterocycles. The molecule has 2 atom stereocenters. The summed E-state index contributed by atoms with van der Waals surface area (Å²) in [5.74, 6) is 0.461. The standard InChI is InChI=1S/C23H27N9O5S/c1-13-10-24-19(25-11-13)18(35-4)15(3)38(33,34)31-23-30-29-20(16-9-7-8-14(2)28-16)32(23)17-21(36-5)26-12-27-22(17)37-6/h7-12,15,18H,1-6H3,(H,30,31)/t15-,18-/m0/s1. The fourth-order valence-corrected chi connectivity index (χ4v) is 4.80. The number of aromatic nitrogens is 8. The molecule has 4 rings (SSSR count). The van der Waals surface area contributed by atoms with Crippen LogP contribution < -0.4 is 14.2 Å². The summed E-state index contributed by atoms with van der Waals surface area (Å²) >= 11 is 0. The Morgan fingerprint density at radius 1 is 0.947 bits per heavy atom. The summed E-state index contributed by atoms with van der Waals surface area (Å²) in [6.45, 7) is 5.13. The smallest absolute Gasteiger partial charge is 0.245 e. The first-order valence-corrected chi connectivity index (χ1v) is 12.9. The van der Waals surface area contributed by atoms with E-state index in [9.17, 15) is 8.42 Å². The second-order valence-electron chi connectivity index (χ2n) is 8.21. The zero-order chi connectivity index (χ0) is 27.4. The molecule has 0 radical (unpaired) electrons. The second kappa shape index (κ2) is 11.0. The number of nitrogens with one attached hydrogen (secondary N) is 1. The van der Waals surface area contributed by atoms with Gasteiger partial charge in [0.2, 0.25) is 27.7 Å². The number of pyridine rings is 1. The van der Waals surface area contributed by atoms with E-state index in [0.717, 1.165) is 11.3 Å². The molecule has 15 heteroatoms. The maximum absolute atomic E-state index is 13.6. The van der Waals surface area contributed by atoms with Crippen LogP contribution in [-0.4, -0.2) is 74.7 Å². The third-order valence-electron chi connectivity index (χ3n) is 5.60. The number of methoxy groups -OCH3 is 3. The van der Waals surface area contributed by atoms with Crippen LogP contribution in [-0.2, 0) is 14.8 Å². The predicted molar refractivity (Wildman–Crippen MR) is 137 cm³/mol. The third kappa shape index (κ3) is 5.24.